The van der Waals surface area contributed by atoms with Gasteiger partial charge in [-0.3, -0.25) is 4.68 Å². The summed E-state index contributed by atoms with van der Waals surface area (Å²) in [7, 11) is 0. The van der Waals surface area contributed by atoms with Crippen molar-refractivity contribution in [3.05, 3.63) is 47.4 Å². The van der Waals surface area contributed by atoms with E-state index < -0.39 is 0 Å². The van der Waals surface area contributed by atoms with Crippen molar-refractivity contribution in [2.45, 2.75) is 45.9 Å². The lowest BCUT2D eigenvalue weighted by molar-refractivity contribution is -0.00115. The van der Waals surface area contributed by atoms with Gasteiger partial charge in [-0.25, -0.2) is 0 Å². The van der Waals surface area contributed by atoms with Crippen LogP contribution in [0.1, 0.15) is 43.5 Å². The van der Waals surface area contributed by atoms with Crippen LogP contribution in [0, 0.1) is 0 Å². The van der Waals surface area contributed by atoms with Crippen molar-refractivity contribution in [3.63, 3.8) is 0 Å². The molecule has 136 valence electrons. The zero-order chi connectivity index (χ0) is 17.9. The topological polar surface area (TPSA) is 75.2 Å². The number of nitrogens with zero attached hydrogens (tertiary/aromatic N) is 4. The highest BCUT2D eigenvalue weighted by Crippen LogP contribution is 2.29. The molecule has 2 aromatic heterocycles. The van der Waals surface area contributed by atoms with E-state index in [2.05, 4.69) is 22.2 Å². The Labute approximate surface area is 151 Å². The van der Waals surface area contributed by atoms with Gasteiger partial charge in [-0.2, -0.15) is 10.1 Å². The number of hydrogen-bond acceptors (Lipinski definition) is 6. The molecule has 0 aliphatic carbocycles. The van der Waals surface area contributed by atoms with Gasteiger partial charge in [0.2, 0.25) is 0 Å². The zero-order valence-electron chi connectivity index (χ0n) is 15.0. The van der Waals surface area contributed by atoms with Crippen LogP contribution in [-0.2, 0) is 24.3 Å². The quantitative estimate of drug-likeness (QED) is 0.674. The number of aryl methyl sites for hydroxylation is 1. The largest absolute Gasteiger partial charge is 0.494 e. The van der Waals surface area contributed by atoms with E-state index in [1.807, 2.05) is 41.9 Å². The van der Waals surface area contributed by atoms with Crippen molar-refractivity contribution in [2.24, 2.45) is 0 Å². The van der Waals surface area contributed by atoms with Crippen molar-refractivity contribution in [2.75, 3.05) is 6.61 Å². The minimum atomic E-state index is -0.0377. The van der Waals surface area contributed by atoms with Gasteiger partial charge in [0.05, 0.1) is 25.5 Å². The van der Waals surface area contributed by atoms with Crippen LogP contribution < -0.4 is 4.74 Å². The number of fused-ring (bicyclic) bond motifs is 1. The smallest absolute Gasteiger partial charge is 0.278 e. The Balaban J connectivity index is 1.50. The highest BCUT2D eigenvalue weighted by atomic mass is 16.5. The maximum absolute atomic E-state index is 6.02. The third kappa shape index (κ3) is 3.35. The van der Waals surface area contributed by atoms with E-state index in [-0.39, 0.29) is 6.10 Å². The van der Waals surface area contributed by atoms with Crippen molar-refractivity contribution in [3.8, 4) is 17.3 Å². The standard InChI is InChI=1S/C19H22N4O3/c1-3-5-18-20-19(26-22-18)16-10-14-12-25-17(11-23(14)21-16)13-6-8-15(9-7-13)24-4-2/h6-10,17H,3-5,11-12H2,1-2H3/t17-/m1/s1. The van der Waals surface area contributed by atoms with Crippen LogP contribution in [0.5, 0.6) is 5.75 Å². The summed E-state index contributed by atoms with van der Waals surface area (Å²) < 4.78 is 18.8. The first-order valence-corrected chi connectivity index (χ1v) is 9.01. The second-order valence-electron chi connectivity index (χ2n) is 6.27. The van der Waals surface area contributed by atoms with Crippen LogP contribution >= 0.6 is 0 Å². The number of benzene rings is 1. The number of rotatable bonds is 6. The second-order valence-corrected chi connectivity index (χ2v) is 6.27. The monoisotopic (exact) mass is 354 g/mol. The molecule has 1 aliphatic rings. The molecule has 0 fully saturated rings. The van der Waals surface area contributed by atoms with Gasteiger partial charge in [-0.15, -0.1) is 0 Å². The van der Waals surface area contributed by atoms with E-state index in [1.54, 1.807) is 0 Å². The average molecular weight is 354 g/mol. The Morgan fingerprint density at radius 2 is 2.08 bits per heavy atom. The Kier molecular flexibility index (Phi) is 4.71. The van der Waals surface area contributed by atoms with E-state index >= 15 is 0 Å². The molecule has 0 saturated heterocycles. The maximum Gasteiger partial charge on any atom is 0.278 e. The predicted molar refractivity (Wildman–Crippen MR) is 94.7 cm³/mol. The Hall–Kier alpha value is -2.67. The molecule has 0 bridgehead atoms. The number of ether oxygens (including phenoxy) is 2. The Morgan fingerprint density at radius 3 is 2.85 bits per heavy atom. The highest BCUT2D eigenvalue weighted by molar-refractivity contribution is 5.47. The first-order valence-electron chi connectivity index (χ1n) is 9.01. The lowest BCUT2D eigenvalue weighted by Gasteiger charge is -2.24. The van der Waals surface area contributed by atoms with Crippen LogP contribution in [0.4, 0.5) is 0 Å². The lowest BCUT2D eigenvalue weighted by atomic mass is 10.1. The minimum absolute atomic E-state index is 0.0377. The van der Waals surface area contributed by atoms with E-state index in [9.17, 15) is 0 Å². The zero-order valence-corrected chi connectivity index (χ0v) is 15.0. The van der Waals surface area contributed by atoms with Gasteiger partial charge in [0, 0.05) is 6.42 Å². The van der Waals surface area contributed by atoms with E-state index in [1.165, 1.54) is 0 Å². The van der Waals surface area contributed by atoms with Gasteiger partial charge in [0.15, 0.2) is 11.5 Å². The first-order chi connectivity index (χ1) is 12.8. The summed E-state index contributed by atoms with van der Waals surface area (Å²) >= 11 is 0. The molecular formula is C19H22N4O3. The second kappa shape index (κ2) is 7.29. The lowest BCUT2D eigenvalue weighted by Crippen LogP contribution is -2.21. The molecule has 1 aliphatic heterocycles. The fourth-order valence-corrected chi connectivity index (χ4v) is 3.06. The van der Waals surface area contributed by atoms with Crippen molar-refractivity contribution in [1.82, 2.24) is 19.9 Å². The van der Waals surface area contributed by atoms with Crippen LogP contribution in [0.3, 0.4) is 0 Å². The van der Waals surface area contributed by atoms with Crippen LogP contribution in [0.15, 0.2) is 34.9 Å². The van der Waals surface area contributed by atoms with Crippen molar-refractivity contribution < 1.29 is 14.0 Å². The normalized spacial score (nSPS) is 16.5. The summed E-state index contributed by atoms with van der Waals surface area (Å²) in [5.41, 5.74) is 2.82. The first kappa shape index (κ1) is 16.8. The molecule has 7 heteroatoms. The van der Waals surface area contributed by atoms with Crippen molar-refractivity contribution >= 4 is 0 Å². The predicted octanol–water partition coefficient (Wildman–Crippen LogP) is 3.56. The summed E-state index contributed by atoms with van der Waals surface area (Å²) in [5.74, 6) is 2.05. The SMILES string of the molecule is CCCc1noc(-c2cc3n(n2)C[C@H](c2ccc(OCC)cc2)OC3)n1. The average Bonchev–Trinajstić information content (AvgIpc) is 3.29. The van der Waals surface area contributed by atoms with Gasteiger partial charge in [0.1, 0.15) is 11.9 Å². The molecule has 3 heterocycles. The molecule has 0 saturated carbocycles. The summed E-state index contributed by atoms with van der Waals surface area (Å²) in [4.78, 5) is 4.41. The summed E-state index contributed by atoms with van der Waals surface area (Å²) in [6, 6.07) is 9.98. The summed E-state index contributed by atoms with van der Waals surface area (Å²) in [6.45, 7) is 5.88. The Bertz CT molecular complexity index is 869. The molecule has 0 unspecified atom stereocenters. The molecule has 0 radical (unpaired) electrons. The minimum Gasteiger partial charge on any atom is -0.494 e. The molecule has 0 amide bonds. The van der Waals surface area contributed by atoms with Crippen LogP contribution in [0.2, 0.25) is 0 Å². The summed E-state index contributed by atoms with van der Waals surface area (Å²) in [5, 5.41) is 8.63. The number of aromatic nitrogens is 4. The van der Waals surface area contributed by atoms with Gasteiger partial charge in [0.25, 0.3) is 5.89 Å². The summed E-state index contributed by atoms with van der Waals surface area (Å²) in [6.07, 6.45) is 1.75. The van der Waals surface area contributed by atoms with E-state index in [4.69, 9.17) is 14.0 Å². The van der Waals surface area contributed by atoms with Crippen molar-refractivity contribution in [1.29, 1.82) is 0 Å². The van der Waals surface area contributed by atoms with Gasteiger partial charge in [-0.1, -0.05) is 24.2 Å². The van der Waals surface area contributed by atoms with Gasteiger partial charge in [-0.05, 0) is 37.1 Å². The molecule has 1 atom stereocenters. The fourth-order valence-electron chi connectivity index (χ4n) is 3.06. The molecule has 3 aromatic rings. The Morgan fingerprint density at radius 1 is 1.23 bits per heavy atom. The molecule has 1 aromatic carbocycles. The molecular weight excluding hydrogens is 332 g/mol. The van der Waals surface area contributed by atoms with Crippen LogP contribution in [-0.4, -0.2) is 26.5 Å². The molecule has 4 rings (SSSR count). The molecule has 0 N–H and O–H groups in total. The van der Waals surface area contributed by atoms with Gasteiger partial charge < -0.3 is 14.0 Å². The van der Waals surface area contributed by atoms with E-state index in [0.29, 0.717) is 31.3 Å². The fraction of sp³-hybridized carbons (Fsp3) is 0.421. The molecule has 0 spiro atoms. The van der Waals surface area contributed by atoms with E-state index in [0.717, 1.165) is 35.7 Å². The number of hydrogen-bond donors (Lipinski definition) is 0. The van der Waals surface area contributed by atoms with Gasteiger partial charge >= 0.3 is 0 Å². The third-order valence-corrected chi connectivity index (χ3v) is 4.36. The van der Waals surface area contributed by atoms with Crippen LogP contribution in [0.25, 0.3) is 11.6 Å². The highest BCUT2D eigenvalue weighted by Gasteiger charge is 2.24. The maximum atomic E-state index is 6.02. The molecule has 7 nitrogen and oxygen atoms in total. The third-order valence-electron chi connectivity index (χ3n) is 4.36. The molecule has 26 heavy (non-hydrogen) atoms.